The average Bonchev–Trinajstić information content (AvgIpc) is 3.24. The van der Waals surface area contributed by atoms with E-state index in [1.165, 1.54) is 11.8 Å². The Labute approximate surface area is 143 Å². The maximum absolute atomic E-state index is 12.2. The first-order chi connectivity index (χ1) is 11.7. The molecule has 2 aromatic heterocycles. The van der Waals surface area contributed by atoms with Gasteiger partial charge in [-0.1, -0.05) is 23.9 Å². The molecule has 0 fully saturated rings. The highest BCUT2D eigenvalue weighted by atomic mass is 32.2. The molecule has 8 nitrogen and oxygen atoms in total. The van der Waals surface area contributed by atoms with Gasteiger partial charge in [0.15, 0.2) is 0 Å². The molecule has 3 aromatic rings. The summed E-state index contributed by atoms with van der Waals surface area (Å²) in [6.45, 7) is 1.18. The number of carbonyl (C=O) groups is 1. The van der Waals surface area contributed by atoms with E-state index in [1.807, 2.05) is 41.2 Å². The molecule has 24 heavy (non-hydrogen) atoms. The number of nitrogens with one attached hydrogen (secondary N) is 1. The van der Waals surface area contributed by atoms with E-state index < -0.39 is 0 Å². The third kappa shape index (κ3) is 4.19. The van der Waals surface area contributed by atoms with Crippen molar-refractivity contribution >= 4 is 17.7 Å². The highest BCUT2D eigenvalue weighted by molar-refractivity contribution is 7.99. The van der Waals surface area contributed by atoms with Crippen molar-refractivity contribution < 1.29 is 4.79 Å². The summed E-state index contributed by atoms with van der Waals surface area (Å²) in [6.07, 6.45) is 3.63. The van der Waals surface area contributed by atoms with Crippen LogP contribution >= 0.6 is 11.8 Å². The highest BCUT2D eigenvalue weighted by Gasteiger charge is 2.07. The lowest BCUT2D eigenvalue weighted by molar-refractivity contribution is 0.0956. The van der Waals surface area contributed by atoms with E-state index in [4.69, 9.17) is 0 Å². The third-order valence-corrected chi connectivity index (χ3v) is 4.31. The molecule has 3 rings (SSSR count). The number of carbonyl (C=O) groups excluding carboxylic acids is 1. The van der Waals surface area contributed by atoms with E-state index in [1.54, 1.807) is 17.9 Å². The van der Waals surface area contributed by atoms with Gasteiger partial charge >= 0.3 is 0 Å². The number of nitrogens with zero attached hydrogens (tertiary/aromatic N) is 6. The van der Waals surface area contributed by atoms with Crippen LogP contribution in [-0.2, 0) is 13.6 Å². The van der Waals surface area contributed by atoms with Crippen molar-refractivity contribution in [1.29, 1.82) is 0 Å². The molecular weight excluding hydrogens is 326 g/mol. The molecule has 0 unspecified atom stereocenters. The van der Waals surface area contributed by atoms with Gasteiger partial charge in [0.05, 0.1) is 6.54 Å². The molecule has 1 N–H and O–H groups in total. The second kappa shape index (κ2) is 7.73. The molecule has 0 aliphatic rings. The molecule has 1 aromatic carbocycles. The molecule has 0 bridgehead atoms. The zero-order valence-electron chi connectivity index (χ0n) is 13.2. The molecule has 0 radical (unpaired) electrons. The van der Waals surface area contributed by atoms with Crippen LogP contribution in [0.5, 0.6) is 0 Å². The van der Waals surface area contributed by atoms with Crippen molar-refractivity contribution in [3.63, 3.8) is 0 Å². The normalized spacial score (nSPS) is 10.7. The topological polar surface area (TPSA) is 90.5 Å². The Bertz CT molecular complexity index is 800. The van der Waals surface area contributed by atoms with E-state index >= 15 is 0 Å². The molecule has 0 atom stereocenters. The van der Waals surface area contributed by atoms with Crippen LogP contribution in [0.15, 0.2) is 47.9 Å². The maximum Gasteiger partial charge on any atom is 0.251 e. The minimum atomic E-state index is -0.0889. The van der Waals surface area contributed by atoms with E-state index in [-0.39, 0.29) is 5.91 Å². The largest absolute Gasteiger partial charge is 0.351 e. The van der Waals surface area contributed by atoms with Gasteiger partial charge < -0.3 is 5.32 Å². The number of thioether (sulfide) groups is 1. The van der Waals surface area contributed by atoms with Gasteiger partial charge in [0.1, 0.15) is 0 Å². The highest BCUT2D eigenvalue weighted by Crippen LogP contribution is 2.11. The fourth-order valence-corrected chi connectivity index (χ4v) is 2.85. The molecule has 0 aliphatic heterocycles. The second-order valence-electron chi connectivity index (χ2n) is 5.09. The standard InChI is InChI=1S/C15H17N7OS/c1-21-15(18-19-20-21)24-9-7-16-14(23)13-5-2-4-12(10-13)11-22-8-3-6-17-22/h2-6,8,10H,7,9,11H2,1H3,(H,16,23). The molecule has 0 spiro atoms. The number of aromatic nitrogens is 6. The molecule has 1 amide bonds. The Morgan fingerprint density at radius 1 is 1.33 bits per heavy atom. The van der Waals surface area contributed by atoms with Gasteiger partial charge in [0, 0.05) is 37.3 Å². The van der Waals surface area contributed by atoms with Gasteiger partial charge in [-0.2, -0.15) is 5.10 Å². The average molecular weight is 343 g/mol. The lowest BCUT2D eigenvalue weighted by Gasteiger charge is -2.07. The van der Waals surface area contributed by atoms with Crippen molar-refractivity contribution in [2.75, 3.05) is 12.3 Å². The summed E-state index contributed by atoms with van der Waals surface area (Å²) in [5.74, 6) is 0.612. The van der Waals surface area contributed by atoms with Crippen LogP contribution in [-0.4, -0.2) is 48.2 Å². The zero-order chi connectivity index (χ0) is 16.8. The summed E-state index contributed by atoms with van der Waals surface area (Å²) < 4.78 is 3.42. The lowest BCUT2D eigenvalue weighted by Crippen LogP contribution is -2.26. The lowest BCUT2D eigenvalue weighted by atomic mass is 10.1. The van der Waals surface area contributed by atoms with Crippen LogP contribution < -0.4 is 5.32 Å². The van der Waals surface area contributed by atoms with Crippen LogP contribution in [0.2, 0.25) is 0 Å². The van der Waals surface area contributed by atoms with Crippen LogP contribution in [0, 0.1) is 0 Å². The predicted octanol–water partition coefficient (Wildman–Crippen LogP) is 0.977. The number of hydrogen-bond donors (Lipinski definition) is 1. The summed E-state index contributed by atoms with van der Waals surface area (Å²) in [5.41, 5.74) is 1.68. The van der Waals surface area contributed by atoms with E-state index in [2.05, 4.69) is 25.9 Å². The number of hydrogen-bond acceptors (Lipinski definition) is 6. The van der Waals surface area contributed by atoms with Crippen LogP contribution in [0.25, 0.3) is 0 Å². The molecular formula is C15H17N7OS. The Morgan fingerprint density at radius 2 is 2.25 bits per heavy atom. The van der Waals surface area contributed by atoms with Gasteiger partial charge in [-0.15, -0.1) is 5.10 Å². The van der Waals surface area contributed by atoms with Crippen LogP contribution in [0.4, 0.5) is 0 Å². The number of tetrazole rings is 1. The molecule has 9 heteroatoms. The number of benzene rings is 1. The molecule has 2 heterocycles. The first-order valence-electron chi connectivity index (χ1n) is 7.42. The van der Waals surface area contributed by atoms with Crippen molar-refractivity contribution in [2.24, 2.45) is 7.05 Å². The van der Waals surface area contributed by atoms with E-state index in [0.29, 0.717) is 24.4 Å². The molecule has 0 aliphatic carbocycles. The predicted molar refractivity (Wildman–Crippen MR) is 89.6 cm³/mol. The third-order valence-electron chi connectivity index (χ3n) is 3.29. The Morgan fingerprint density at radius 3 is 3.00 bits per heavy atom. The monoisotopic (exact) mass is 343 g/mol. The smallest absolute Gasteiger partial charge is 0.251 e. The van der Waals surface area contributed by atoms with Crippen molar-refractivity contribution in [3.05, 3.63) is 53.9 Å². The Balaban J connectivity index is 1.50. The summed E-state index contributed by atoms with van der Waals surface area (Å²) >= 11 is 1.50. The first-order valence-corrected chi connectivity index (χ1v) is 8.40. The summed E-state index contributed by atoms with van der Waals surface area (Å²) in [4.78, 5) is 12.2. The molecule has 0 saturated heterocycles. The fourth-order valence-electron chi connectivity index (χ4n) is 2.14. The van der Waals surface area contributed by atoms with Gasteiger partial charge in [0.25, 0.3) is 5.91 Å². The minimum absolute atomic E-state index is 0.0889. The maximum atomic E-state index is 12.2. The van der Waals surface area contributed by atoms with Crippen LogP contribution in [0.3, 0.4) is 0 Å². The van der Waals surface area contributed by atoms with E-state index in [0.717, 1.165) is 10.7 Å². The molecule has 0 saturated carbocycles. The quantitative estimate of drug-likeness (QED) is 0.508. The van der Waals surface area contributed by atoms with Gasteiger partial charge in [-0.25, -0.2) is 4.68 Å². The van der Waals surface area contributed by atoms with Crippen molar-refractivity contribution in [2.45, 2.75) is 11.7 Å². The summed E-state index contributed by atoms with van der Waals surface area (Å²) in [7, 11) is 1.78. The summed E-state index contributed by atoms with van der Waals surface area (Å²) in [5, 5.41) is 19.0. The van der Waals surface area contributed by atoms with Gasteiger partial charge in [-0.3, -0.25) is 9.48 Å². The number of aryl methyl sites for hydroxylation is 1. The molecule has 124 valence electrons. The minimum Gasteiger partial charge on any atom is -0.351 e. The van der Waals surface area contributed by atoms with Gasteiger partial charge in [0.2, 0.25) is 5.16 Å². The Hall–Kier alpha value is -2.68. The fraction of sp³-hybridized carbons (Fsp3) is 0.267. The Kier molecular flexibility index (Phi) is 5.22. The SMILES string of the molecule is Cn1nnnc1SCCNC(=O)c1cccc(Cn2cccn2)c1. The number of amides is 1. The second-order valence-corrected chi connectivity index (χ2v) is 6.16. The summed E-state index contributed by atoms with van der Waals surface area (Å²) in [6, 6.07) is 9.43. The van der Waals surface area contributed by atoms with Crippen molar-refractivity contribution in [3.8, 4) is 0 Å². The zero-order valence-corrected chi connectivity index (χ0v) is 14.0. The van der Waals surface area contributed by atoms with Gasteiger partial charge in [-0.05, 0) is 34.2 Å². The van der Waals surface area contributed by atoms with Crippen LogP contribution in [0.1, 0.15) is 15.9 Å². The number of rotatable bonds is 7. The first kappa shape index (κ1) is 16.2. The van der Waals surface area contributed by atoms with Crippen molar-refractivity contribution in [1.82, 2.24) is 35.3 Å². The van der Waals surface area contributed by atoms with E-state index in [9.17, 15) is 4.79 Å².